The lowest BCUT2D eigenvalue weighted by molar-refractivity contribution is -0.144. The summed E-state index contributed by atoms with van der Waals surface area (Å²) in [6, 6.07) is 0. The van der Waals surface area contributed by atoms with E-state index in [1.54, 1.807) is 0 Å². The zero-order chi connectivity index (χ0) is 35.6. The Bertz CT molecular complexity index is 1160. The summed E-state index contributed by atoms with van der Waals surface area (Å²) in [6.07, 6.45) is 0. The number of amides is 2. The van der Waals surface area contributed by atoms with Gasteiger partial charge in [0.1, 0.15) is 0 Å². The Hall–Kier alpha value is -2.46. The number of aromatic carboxylic acids is 1. The Morgan fingerprint density at radius 3 is 1.11 bits per heavy atom. The third kappa shape index (κ3) is 18.6. The van der Waals surface area contributed by atoms with Crippen LogP contribution in [0.25, 0.3) is 0 Å². The van der Waals surface area contributed by atoms with E-state index in [9.17, 15) is 38.7 Å². The van der Waals surface area contributed by atoms with Gasteiger partial charge in [-0.05, 0) is 67.8 Å². The third-order valence-electron chi connectivity index (χ3n) is 5.04. The molecule has 1 rings (SSSR count). The highest BCUT2D eigenvalue weighted by Crippen LogP contribution is 2.38. The Labute approximate surface area is 303 Å². The average Bonchev–Trinajstić information content (AvgIpc) is 2.89. The highest BCUT2D eigenvalue weighted by molar-refractivity contribution is 14.1. The van der Waals surface area contributed by atoms with Crippen molar-refractivity contribution in [1.29, 1.82) is 0 Å². The molecule has 7 N–H and O–H groups in total. The number of carbonyl (C=O) groups excluding carboxylic acids is 2. The number of hydrogen-bond donors (Lipinski definition) is 7. The largest absolute Gasteiger partial charge is 0.480 e. The molecule has 0 heterocycles. The molecule has 0 aromatic heterocycles. The fourth-order valence-electron chi connectivity index (χ4n) is 3.33. The van der Waals surface area contributed by atoms with Crippen LogP contribution in [-0.2, 0) is 38.2 Å². The molecule has 0 aliphatic carbocycles. The Balaban J connectivity index is 0.000000909. The first-order valence-corrected chi connectivity index (χ1v) is 16.1. The summed E-state index contributed by atoms with van der Waals surface area (Å²) in [6.45, 7) is 1.88. The molecule has 0 fully saturated rings. The molecule has 46 heavy (non-hydrogen) atoms. The number of ether oxygens (including phenoxy) is 2. The fraction of sp³-hybridized carbons (Fsp3) is 0.480. The standard InChI is InChI=1S/C14H24N2O10.C11H9I3N2O4/c17-11(18)7-15(8-12(19)20)1-3-25-5-6-26-4-2-16(9-13(21)22)10-14(23)24;1-3(17)15-9-6(12)5(11(19)20)7(13)10(8(9)14)16-4(2)18/h1-10H2,(H,17,18)(H,19,20)(H,21,22)(H,23,24);1-2H3,(H,15,17)(H,16,18)(H,19,20). The molecule has 0 saturated carbocycles. The number of nitrogens with zero attached hydrogens (tertiary/aromatic N) is 2. The molecule has 0 bridgehead atoms. The van der Waals surface area contributed by atoms with E-state index in [4.69, 9.17) is 29.9 Å². The summed E-state index contributed by atoms with van der Waals surface area (Å²) in [5.41, 5.74) is 0.833. The minimum absolute atomic E-state index is 0.0547. The summed E-state index contributed by atoms with van der Waals surface area (Å²) in [4.78, 5) is 78.8. The lowest BCUT2D eigenvalue weighted by Crippen LogP contribution is -2.37. The van der Waals surface area contributed by atoms with E-state index in [1.807, 2.05) is 67.8 Å². The van der Waals surface area contributed by atoms with Crippen LogP contribution in [0.1, 0.15) is 24.2 Å². The molecule has 0 radical (unpaired) electrons. The van der Waals surface area contributed by atoms with Crippen LogP contribution in [0.3, 0.4) is 0 Å². The summed E-state index contributed by atoms with van der Waals surface area (Å²) in [5.74, 6) is -6.29. The number of halogens is 3. The maximum absolute atomic E-state index is 11.4. The summed E-state index contributed by atoms with van der Waals surface area (Å²) >= 11 is 5.71. The van der Waals surface area contributed by atoms with Gasteiger partial charge < -0.3 is 45.6 Å². The van der Waals surface area contributed by atoms with E-state index in [1.165, 1.54) is 23.6 Å². The fourth-order valence-corrected chi connectivity index (χ4v) is 7.49. The van der Waals surface area contributed by atoms with Crippen molar-refractivity contribution < 1.29 is 68.6 Å². The molecule has 0 aliphatic heterocycles. The molecule has 2 amide bonds. The first kappa shape index (κ1) is 43.5. The molecular weight excluding hydrogens is 961 g/mol. The van der Waals surface area contributed by atoms with Crippen LogP contribution in [0.4, 0.5) is 11.4 Å². The second-order valence-electron chi connectivity index (χ2n) is 8.96. The summed E-state index contributed by atoms with van der Waals surface area (Å²) in [5, 5.41) is 49.2. The summed E-state index contributed by atoms with van der Waals surface area (Å²) < 4.78 is 11.9. The molecule has 0 atom stereocenters. The number of carbonyl (C=O) groups is 7. The van der Waals surface area contributed by atoms with Crippen molar-refractivity contribution in [3.05, 3.63) is 16.3 Å². The molecule has 1 aromatic carbocycles. The number of nitrogens with one attached hydrogen (secondary N) is 2. The molecule has 0 spiro atoms. The van der Waals surface area contributed by atoms with Gasteiger partial charge in [-0.2, -0.15) is 0 Å². The number of aliphatic carboxylic acids is 4. The summed E-state index contributed by atoms with van der Waals surface area (Å²) in [7, 11) is 0. The van der Waals surface area contributed by atoms with Gasteiger partial charge in [0, 0.05) is 26.9 Å². The van der Waals surface area contributed by atoms with Crippen LogP contribution in [0.5, 0.6) is 0 Å². The monoisotopic (exact) mass is 994 g/mol. The van der Waals surface area contributed by atoms with Gasteiger partial charge in [0.2, 0.25) is 11.8 Å². The van der Waals surface area contributed by atoms with Crippen LogP contribution >= 0.6 is 67.8 Å². The number of carboxylic acids is 5. The lowest BCUT2D eigenvalue weighted by Gasteiger charge is -2.18. The van der Waals surface area contributed by atoms with Gasteiger partial charge in [-0.3, -0.25) is 38.6 Å². The van der Waals surface area contributed by atoms with Crippen LogP contribution in [0, 0.1) is 10.7 Å². The van der Waals surface area contributed by atoms with Gasteiger partial charge >= 0.3 is 29.8 Å². The second-order valence-corrected chi connectivity index (χ2v) is 12.2. The van der Waals surface area contributed by atoms with E-state index < -0.39 is 56.0 Å². The number of carboxylic acid groups (broad SMARTS) is 5. The maximum atomic E-state index is 11.4. The number of benzene rings is 1. The van der Waals surface area contributed by atoms with Crippen LogP contribution in [0.2, 0.25) is 0 Å². The van der Waals surface area contributed by atoms with Crippen molar-refractivity contribution >= 4 is 121 Å². The Morgan fingerprint density at radius 2 is 0.870 bits per heavy atom. The van der Waals surface area contributed by atoms with Crippen LogP contribution in [0.15, 0.2) is 0 Å². The van der Waals surface area contributed by atoms with Crippen molar-refractivity contribution in [2.45, 2.75) is 13.8 Å². The van der Waals surface area contributed by atoms with Crippen molar-refractivity contribution in [3.63, 3.8) is 0 Å². The van der Waals surface area contributed by atoms with Crippen molar-refractivity contribution in [3.8, 4) is 0 Å². The number of anilines is 2. The normalized spacial score (nSPS) is 10.6. The number of rotatable bonds is 20. The predicted molar refractivity (Wildman–Crippen MR) is 185 cm³/mol. The molecule has 258 valence electrons. The number of hydrogen-bond acceptors (Lipinski definition) is 11. The zero-order valence-electron chi connectivity index (χ0n) is 24.5. The second kappa shape index (κ2) is 23.0. The van der Waals surface area contributed by atoms with Gasteiger partial charge in [-0.25, -0.2) is 4.79 Å². The molecule has 0 aliphatic rings. The van der Waals surface area contributed by atoms with Crippen molar-refractivity contribution in [2.24, 2.45) is 0 Å². The van der Waals surface area contributed by atoms with Gasteiger partial charge in [0.05, 0.1) is 80.3 Å². The van der Waals surface area contributed by atoms with E-state index in [-0.39, 0.29) is 56.9 Å². The van der Waals surface area contributed by atoms with Gasteiger partial charge in [-0.1, -0.05) is 0 Å². The molecular formula is C25H33I3N4O14. The Morgan fingerprint density at radius 1 is 0.565 bits per heavy atom. The third-order valence-corrected chi connectivity index (χ3v) is 8.28. The van der Waals surface area contributed by atoms with Crippen molar-refractivity contribution in [1.82, 2.24) is 9.80 Å². The minimum Gasteiger partial charge on any atom is -0.480 e. The predicted octanol–water partition coefficient (Wildman–Crippen LogP) is 1.08. The van der Waals surface area contributed by atoms with Gasteiger partial charge in [-0.15, -0.1) is 0 Å². The molecule has 0 unspecified atom stereocenters. The molecule has 18 nitrogen and oxygen atoms in total. The topological polar surface area (TPSA) is 270 Å². The van der Waals surface area contributed by atoms with Crippen LogP contribution in [-0.4, -0.2) is 143 Å². The molecule has 21 heteroatoms. The highest BCUT2D eigenvalue weighted by Gasteiger charge is 2.25. The zero-order valence-corrected chi connectivity index (χ0v) is 31.0. The van der Waals surface area contributed by atoms with E-state index in [0.717, 1.165) is 0 Å². The lowest BCUT2D eigenvalue weighted by atomic mass is 10.1. The molecule has 0 saturated heterocycles. The van der Waals surface area contributed by atoms with Gasteiger partial charge in [0.15, 0.2) is 0 Å². The van der Waals surface area contributed by atoms with Crippen molar-refractivity contribution in [2.75, 3.05) is 76.3 Å². The van der Waals surface area contributed by atoms with E-state index >= 15 is 0 Å². The smallest absolute Gasteiger partial charge is 0.338 e. The van der Waals surface area contributed by atoms with E-state index in [2.05, 4.69) is 10.6 Å². The minimum atomic E-state index is -1.14. The van der Waals surface area contributed by atoms with E-state index in [0.29, 0.717) is 22.1 Å². The first-order valence-electron chi connectivity index (χ1n) is 12.8. The van der Waals surface area contributed by atoms with Gasteiger partial charge in [0.25, 0.3) is 0 Å². The first-order chi connectivity index (χ1) is 21.4. The quantitative estimate of drug-likeness (QED) is 0.0712. The maximum Gasteiger partial charge on any atom is 0.338 e. The highest BCUT2D eigenvalue weighted by atomic mass is 127. The Kier molecular flexibility index (Phi) is 21.7. The SMILES string of the molecule is CC(=O)Nc1c(I)c(NC(C)=O)c(I)c(C(=O)O)c1I.O=C(O)CN(CCOCCOCCN(CC(=O)O)CC(=O)O)CC(=O)O. The van der Waals surface area contributed by atoms with Crippen LogP contribution < -0.4 is 10.6 Å². The molecule has 1 aromatic rings. The average molecular weight is 994 g/mol.